The summed E-state index contributed by atoms with van der Waals surface area (Å²) in [5.74, 6) is -1.04. The topological polar surface area (TPSA) is 157 Å². The average molecular weight is 555 g/mol. The fourth-order valence-corrected chi connectivity index (χ4v) is 4.63. The van der Waals surface area contributed by atoms with E-state index in [1.165, 1.54) is 0 Å². The Morgan fingerprint density at radius 2 is 1.65 bits per heavy atom. The lowest BCUT2D eigenvalue weighted by molar-refractivity contribution is -0.130. The number of hydrogen-bond donors (Lipinski definition) is 5. The van der Waals surface area contributed by atoms with Gasteiger partial charge in [0.25, 0.3) is 0 Å². The molecule has 0 bridgehead atoms. The molecule has 40 heavy (non-hydrogen) atoms. The summed E-state index contributed by atoms with van der Waals surface area (Å²) in [6, 6.07) is 11.8. The molecule has 0 aromatic heterocycles. The molecule has 2 amide bonds. The minimum atomic E-state index is -0.926. The van der Waals surface area contributed by atoms with Crippen LogP contribution in [-0.4, -0.2) is 53.7 Å². The fraction of sp³-hybridized carbons (Fsp3) is 0.516. The van der Waals surface area contributed by atoms with Crippen molar-refractivity contribution in [2.45, 2.75) is 84.4 Å². The van der Waals surface area contributed by atoms with E-state index in [9.17, 15) is 19.5 Å². The Hall–Kier alpha value is -3.43. The average Bonchev–Trinajstić information content (AvgIpc) is 2.85. The van der Waals surface area contributed by atoms with Gasteiger partial charge in [0, 0.05) is 31.3 Å². The summed E-state index contributed by atoms with van der Waals surface area (Å²) in [7, 11) is 0. The number of carbonyl (C=O) groups is 3. The van der Waals surface area contributed by atoms with Gasteiger partial charge in [0.15, 0.2) is 5.78 Å². The number of alkyl carbamates (subject to hydrolysis) is 1. The molecule has 220 valence electrons. The highest BCUT2D eigenvalue weighted by atomic mass is 16.6. The van der Waals surface area contributed by atoms with Crippen molar-refractivity contribution in [3.8, 4) is 5.75 Å². The summed E-state index contributed by atoms with van der Waals surface area (Å²) >= 11 is 0. The number of aryl methyl sites for hydroxylation is 2. The van der Waals surface area contributed by atoms with E-state index < -0.39 is 23.7 Å². The van der Waals surface area contributed by atoms with E-state index >= 15 is 0 Å². The number of ketones is 1. The normalized spacial score (nSPS) is 13.7. The monoisotopic (exact) mass is 554 g/mol. The molecule has 0 saturated carbocycles. The second-order valence-corrected chi connectivity index (χ2v) is 11.5. The van der Waals surface area contributed by atoms with Crippen molar-refractivity contribution in [3.63, 3.8) is 0 Å². The van der Waals surface area contributed by atoms with Crippen molar-refractivity contribution >= 4 is 17.8 Å². The Kier molecular flexibility index (Phi) is 12.6. The van der Waals surface area contributed by atoms with Crippen LogP contribution in [0.1, 0.15) is 62.3 Å². The molecule has 0 aliphatic rings. The molecule has 0 fully saturated rings. The fourth-order valence-electron chi connectivity index (χ4n) is 4.63. The molecular weight excluding hydrogens is 508 g/mol. The lowest BCUT2D eigenvalue weighted by atomic mass is 9.89. The summed E-state index contributed by atoms with van der Waals surface area (Å²) in [5, 5.41) is 15.6. The highest BCUT2D eigenvalue weighted by molar-refractivity contribution is 5.92. The third-order valence-electron chi connectivity index (χ3n) is 6.62. The Bertz CT molecular complexity index is 1110. The summed E-state index contributed by atoms with van der Waals surface area (Å²) in [6.07, 6.45) is 1.02. The number of benzene rings is 2. The van der Waals surface area contributed by atoms with E-state index in [-0.39, 0.29) is 42.9 Å². The molecule has 0 aliphatic carbocycles. The molecule has 2 aromatic carbocycles. The van der Waals surface area contributed by atoms with Crippen LogP contribution in [0.4, 0.5) is 4.79 Å². The van der Waals surface area contributed by atoms with Crippen LogP contribution in [0.5, 0.6) is 5.75 Å². The molecular formula is C31H46N4O5. The van der Waals surface area contributed by atoms with Gasteiger partial charge in [-0.1, -0.05) is 30.3 Å². The molecule has 0 saturated heterocycles. The standard InChI is InChI=1S/C31H46N4O5/c1-20-14-25(36)15-21(2)26(20)18-27(35-30(39)40-31(3,4)5)28(37)17-23(12-9-13-32)29(38)34-19-24(33)16-22-10-7-6-8-11-22/h6-8,10-11,14-15,23-24,27,36H,9,12-13,16-19,32-33H2,1-5H3,(H,34,38)(H,35,39)/t23-,24-,27-/m0/s1. The van der Waals surface area contributed by atoms with Crippen LogP contribution >= 0.6 is 0 Å². The minimum absolute atomic E-state index is 0.0730. The number of aromatic hydroxyl groups is 1. The van der Waals surface area contributed by atoms with E-state index in [0.29, 0.717) is 25.8 Å². The Morgan fingerprint density at radius 3 is 2.23 bits per heavy atom. The first kappa shape index (κ1) is 32.8. The largest absolute Gasteiger partial charge is 0.508 e. The number of phenols is 1. The van der Waals surface area contributed by atoms with Crippen molar-refractivity contribution in [3.05, 3.63) is 64.7 Å². The zero-order valence-electron chi connectivity index (χ0n) is 24.5. The van der Waals surface area contributed by atoms with Crippen molar-refractivity contribution in [1.82, 2.24) is 10.6 Å². The molecule has 0 heterocycles. The molecule has 9 nitrogen and oxygen atoms in total. The number of amides is 2. The van der Waals surface area contributed by atoms with Gasteiger partial charge in [-0.25, -0.2) is 4.79 Å². The Morgan fingerprint density at radius 1 is 1.02 bits per heavy atom. The second-order valence-electron chi connectivity index (χ2n) is 11.5. The number of Topliss-reactive ketones (excluding diaryl/α,β-unsaturated/α-hetero) is 1. The first-order valence-electron chi connectivity index (χ1n) is 13.9. The predicted molar refractivity (Wildman–Crippen MR) is 157 cm³/mol. The first-order valence-corrected chi connectivity index (χ1v) is 13.9. The highest BCUT2D eigenvalue weighted by Crippen LogP contribution is 2.24. The molecule has 2 rings (SSSR count). The summed E-state index contributed by atoms with van der Waals surface area (Å²) in [4.78, 5) is 39.5. The zero-order valence-corrected chi connectivity index (χ0v) is 24.5. The SMILES string of the molecule is Cc1cc(O)cc(C)c1C[C@H](NC(=O)OC(C)(C)C)C(=O)C[C@H](CCCN)C(=O)NC[C@@H](N)Cc1ccccc1. The lowest BCUT2D eigenvalue weighted by Gasteiger charge is -2.25. The second kappa shape index (κ2) is 15.4. The molecule has 0 radical (unpaired) electrons. The third-order valence-corrected chi connectivity index (χ3v) is 6.62. The first-order chi connectivity index (χ1) is 18.8. The molecule has 2 aromatic rings. The molecule has 0 unspecified atom stereocenters. The molecule has 7 N–H and O–H groups in total. The number of nitrogens with one attached hydrogen (secondary N) is 2. The summed E-state index contributed by atoms with van der Waals surface area (Å²) in [6.45, 7) is 9.57. The van der Waals surface area contributed by atoms with E-state index in [1.54, 1.807) is 32.9 Å². The maximum Gasteiger partial charge on any atom is 0.408 e. The van der Waals surface area contributed by atoms with E-state index in [2.05, 4.69) is 10.6 Å². The van der Waals surface area contributed by atoms with E-state index in [1.807, 2.05) is 44.2 Å². The minimum Gasteiger partial charge on any atom is -0.508 e. The number of nitrogens with two attached hydrogens (primary N) is 2. The van der Waals surface area contributed by atoms with Gasteiger partial charge in [-0.15, -0.1) is 0 Å². The van der Waals surface area contributed by atoms with Gasteiger partial charge in [-0.05, 0) is 94.8 Å². The van der Waals surface area contributed by atoms with Gasteiger partial charge in [-0.2, -0.15) is 0 Å². The van der Waals surface area contributed by atoms with Gasteiger partial charge < -0.3 is 31.9 Å². The number of hydrogen-bond acceptors (Lipinski definition) is 7. The van der Waals surface area contributed by atoms with Crippen molar-refractivity contribution in [2.75, 3.05) is 13.1 Å². The Labute approximate surface area is 238 Å². The number of carbonyl (C=O) groups excluding carboxylic acids is 3. The molecule has 3 atom stereocenters. The van der Waals surface area contributed by atoms with Crippen LogP contribution in [0.3, 0.4) is 0 Å². The third kappa shape index (κ3) is 11.4. The molecule has 0 aliphatic heterocycles. The smallest absolute Gasteiger partial charge is 0.408 e. The summed E-state index contributed by atoms with van der Waals surface area (Å²) < 4.78 is 5.41. The van der Waals surface area contributed by atoms with Crippen molar-refractivity contribution in [2.24, 2.45) is 17.4 Å². The van der Waals surface area contributed by atoms with Crippen LogP contribution in [-0.2, 0) is 27.2 Å². The zero-order chi connectivity index (χ0) is 29.9. The maximum absolute atomic E-state index is 13.6. The predicted octanol–water partition coefficient (Wildman–Crippen LogP) is 3.45. The van der Waals surface area contributed by atoms with Gasteiger partial charge in [0.1, 0.15) is 11.4 Å². The van der Waals surface area contributed by atoms with Crippen LogP contribution < -0.4 is 22.1 Å². The van der Waals surface area contributed by atoms with Gasteiger partial charge in [0.2, 0.25) is 5.91 Å². The van der Waals surface area contributed by atoms with E-state index in [4.69, 9.17) is 16.2 Å². The van der Waals surface area contributed by atoms with Crippen LogP contribution in [0.2, 0.25) is 0 Å². The van der Waals surface area contributed by atoms with Crippen molar-refractivity contribution < 1.29 is 24.2 Å². The maximum atomic E-state index is 13.6. The van der Waals surface area contributed by atoms with Crippen LogP contribution in [0, 0.1) is 19.8 Å². The number of phenolic OH excluding ortho intramolecular Hbond substituents is 1. The summed E-state index contributed by atoms with van der Waals surface area (Å²) in [5.41, 5.74) is 14.7. The quantitative estimate of drug-likeness (QED) is 0.239. The van der Waals surface area contributed by atoms with Crippen molar-refractivity contribution in [1.29, 1.82) is 0 Å². The number of ether oxygens (including phenoxy) is 1. The van der Waals surface area contributed by atoms with Gasteiger partial charge in [-0.3, -0.25) is 9.59 Å². The lowest BCUT2D eigenvalue weighted by Crippen LogP contribution is -2.47. The van der Waals surface area contributed by atoms with Gasteiger partial charge in [0.05, 0.1) is 6.04 Å². The van der Waals surface area contributed by atoms with Crippen LogP contribution in [0.25, 0.3) is 0 Å². The molecule has 0 spiro atoms. The molecule has 9 heteroatoms. The number of rotatable bonds is 14. The van der Waals surface area contributed by atoms with E-state index in [0.717, 1.165) is 22.3 Å². The van der Waals surface area contributed by atoms with Gasteiger partial charge >= 0.3 is 6.09 Å². The Balaban J connectivity index is 2.17. The highest BCUT2D eigenvalue weighted by Gasteiger charge is 2.30. The van der Waals surface area contributed by atoms with Crippen LogP contribution in [0.15, 0.2) is 42.5 Å².